The van der Waals surface area contributed by atoms with Crippen molar-refractivity contribution in [2.24, 2.45) is 0 Å². The summed E-state index contributed by atoms with van der Waals surface area (Å²) < 4.78 is 6.43. The Morgan fingerprint density at radius 3 is 3.25 bits per heavy atom. The van der Waals surface area contributed by atoms with Crippen LogP contribution in [0.25, 0.3) is 0 Å². The minimum Gasteiger partial charge on any atom is -0.378 e. The van der Waals surface area contributed by atoms with Gasteiger partial charge in [-0.25, -0.2) is 4.98 Å². The fourth-order valence-electron chi connectivity index (χ4n) is 1.46. The number of H-pyrrole nitrogens is 1. The average Bonchev–Trinajstić information content (AvgIpc) is 2.63. The Labute approximate surface area is 79.7 Å². The first-order valence-electron chi connectivity index (χ1n) is 4.15. The molecule has 0 bridgehead atoms. The highest BCUT2D eigenvalue weighted by Gasteiger charge is 2.16. The predicted molar refractivity (Wildman–Crippen MR) is 49.0 cm³/mol. The molecule has 1 fully saturated rings. The summed E-state index contributed by atoms with van der Waals surface area (Å²) in [6, 6.07) is 0. The van der Waals surface area contributed by atoms with Crippen LogP contribution in [-0.4, -0.2) is 22.7 Å². The van der Waals surface area contributed by atoms with Crippen LogP contribution in [0.3, 0.4) is 0 Å². The van der Waals surface area contributed by atoms with E-state index in [0.717, 1.165) is 29.9 Å². The molecule has 2 rings (SSSR count). The third kappa shape index (κ3) is 1.87. The number of hydrogen-bond acceptors (Lipinski definition) is 2. The monoisotopic (exact) mass is 230 g/mol. The zero-order valence-electron chi connectivity index (χ0n) is 6.72. The maximum Gasteiger partial charge on any atom is 0.109 e. The molecule has 0 aromatic carbocycles. The van der Waals surface area contributed by atoms with Crippen LogP contribution < -0.4 is 0 Å². The highest BCUT2D eigenvalue weighted by molar-refractivity contribution is 9.10. The number of hydrogen-bond donors (Lipinski definition) is 1. The summed E-state index contributed by atoms with van der Waals surface area (Å²) in [4.78, 5) is 7.33. The molecule has 0 aliphatic carbocycles. The van der Waals surface area contributed by atoms with E-state index in [4.69, 9.17) is 4.74 Å². The van der Waals surface area contributed by atoms with E-state index >= 15 is 0 Å². The molecule has 0 unspecified atom stereocenters. The van der Waals surface area contributed by atoms with Gasteiger partial charge in [-0.1, -0.05) is 0 Å². The van der Waals surface area contributed by atoms with Crippen molar-refractivity contribution >= 4 is 15.9 Å². The number of nitrogens with zero attached hydrogens (tertiary/aromatic N) is 1. The summed E-state index contributed by atoms with van der Waals surface area (Å²) >= 11 is 3.32. The van der Waals surface area contributed by atoms with Crippen LogP contribution in [0.4, 0.5) is 0 Å². The summed E-state index contributed by atoms with van der Waals surface area (Å²) in [6.07, 6.45) is 5.42. The zero-order valence-corrected chi connectivity index (χ0v) is 8.30. The van der Waals surface area contributed by atoms with Crippen LogP contribution in [0.15, 0.2) is 10.8 Å². The maximum absolute atomic E-state index is 5.49. The van der Waals surface area contributed by atoms with E-state index in [9.17, 15) is 0 Å². The van der Waals surface area contributed by atoms with Gasteiger partial charge in [-0.15, -0.1) is 0 Å². The molecule has 2 heterocycles. The van der Waals surface area contributed by atoms with Gasteiger partial charge in [0.05, 0.1) is 12.3 Å². The maximum atomic E-state index is 5.49. The van der Waals surface area contributed by atoms with E-state index in [-0.39, 0.29) is 0 Å². The lowest BCUT2D eigenvalue weighted by atomic mass is 10.2. The Bertz CT molecular complexity index is 255. The van der Waals surface area contributed by atoms with Crippen molar-refractivity contribution in [3.05, 3.63) is 16.6 Å². The molecule has 1 N–H and O–H groups in total. The molecule has 0 saturated carbocycles. The van der Waals surface area contributed by atoms with Crippen molar-refractivity contribution in [1.29, 1.82) is 0 Å². The standard InChI is InChI=1S/C8H11BrN2O/c9-7-5-10-8(11-7)4-6-2-1-3-12-6/h5-6H,1-4H2,(H,10,11)/t6-/m0/s1. The molecule has 1 atom stereocenters. The van der Waals surface area contributed by atoms with Crippen LogP contribution in [-0.2, 0) is 11.2 Å². The number of aromatic nitrogens is 2. The molecule has 0 amide bonds. The van der Waals surface area contributed by atoms with Gasteiger partial charge in [-0.05, 0) is 28.8 Å². The number of aromatic amines is 1. The molecule has 1 aromatic heterocycles. The molecule has 1 aliphatic heterocycles. The lowest BCUT2D eigenvalue weighted by Gasteiger charge is -2.05. The normalized spacial score (nSPS) is 23.2. The van der Waals surface area contributed by atoms with E-state index in [1.54, 1.807) is 6.20 Å². The van der Waals surface area contributed by atoms with Crippen LogP contribution in [0.5, 0.6) is 0 Å². The molecule has 0 spiro atoms. The second-order valence-corrected chi connectivity index (χ2v) is 3.87. The number of halogens is 1. The highest BCUT2D eigenvalue weighted by atomic mass is 79.9. The van der Waals surface area contributed by atoms with Crippen LogP contribution in [0.2, 0.25) is 0 Å². The third-order valence-corrected chi connectivity index (χ3v) is 2.45. The van der Waals surface area contributed by atoms with Crippen molar-refractivity contribution in [2.45, 2.75) is 25.4 Å². The molecular weight excluding hydrogens is 220 g/mol. The number of ether oxygens (including phenoxy) is 1. The summed E-state index contributed by atoms with van der Waals surface area (Å²) in [5.41, 5.74) is 0. The lowest BCUT2D eigenvalue weighted by Crippen LogP contribution is -2.09. The van der Waals surface area contributed by atoms with Gasteiger partial charge in [0.15, 0.2) is 0 Å². The van der Waals surface area contributed by atoms with Gasteiger partial charge >= 0.3 is 0 Å². The quantitative estimate of drug-likeness (QED) is 0.843. The summed E-state index contributed by atoms with van der Waals surface area (Å²) in [5.74, 6) is 1.01. The van der Waals surface area contributed by atoms with E-state index < -0.39 is 0 Å². The van der Waals surface area contributed by atoms with Gasteiger partial charge in [0, 0.05) is 13.0 Å². The largest absolute Gasteiger partial charge is 0.378 e. The van der Waals surface area contributed by atoms with Crippen molar-refractivity contribution in [1.82, 2.24) is 9.97 Å². The van der Waals surface area contributed by atoms with Crippen molar-refractivity contribution in [2.75, 3.05) is 6.61 Å². The molecule has 1 aliphatic rings. The molecule has 4 heteroatoms. The minimum atomic E-state index is 0.378. The fourth-order valence-corrected chi connectivity index (χ4v) is 1.79. The number of imidazole rings is 1. The van der Waals surface area contributed by atoms with Crippen molar-refractivity contribution < 1.29 is 4.74 Å². The predicted octanol–water partition coefficient (Wildman–Crippen LogP) is 1.89. The summed E-state index contributed by atoms with van der Waals surface area (Å²) in [6.45, 7) is 0.909. The van der Waals surface area contributed by atoms with Gasteiger partial charge in [0.2, 0.25) is 0 Å². The Morgan fingerprint density at radius 2 is 2.67 bits per heavy atom. The minimum absolute atomic E-state index is 0.378. The van der Waals surface area contributed by atoms with E-state index in [2.05, 4.69) is 25.9 Å². The molecule has 1 saturated heterocycles. The molecule has 3 nitrogen and oxygen atoms in total. The second kappa shape index (κ2) is 3.58. The first-order valence-corrected chi connectivity index (χ1v) is 4.95. The van der Waals surface area contributed by atoms with Gasteiger partial charge in [-0.3, -0.25) is 0 Å². The first kappa shape index (κ1) is 8.26. The summed E-state index contributed by atoms with van der Waals surface area (Å²) in [5, 5.41) is 0. The van der Waals surface area contributed by atoms with Crippen LogP contribution >= 0.6 is 15.9 Å². The number of nitrogens with one attached hydrogen (secondary N) is 1. The van der Waals surface area contributed by atoms with E-state index in [1.807, 2.05) is 0 Å². The van der Waals surface area contributed by atoms with Crippen LogP contribution in [0.1, 0.15) is 18.7 Å². The van der Waals surface area contributed by atoms with Crippen molar-refractivity contribution in [3.63, 3.8) is 0 Å². The summed E-state index contributed by atoms with van der Waals surface area (Å²) in [7, 11) is 0. The van der Waals surface area contributed by atoms with Crippen molar-refractivity contribution in [3.8, 4) is 0 Å². The smallest absolute Gasteiger partial charge is 0.109 e. The SMILES string of the molecule is Brc1cnc(C[C@@H]2CCCO2)[nH]1. The third-order valence-electron chi connectivity index (χ3n) is 2.04. The molecule has 1 aromatic rings. The molecular formula is C8H11BrN2O. The Balaban J connectivity index is 1.94. The van der Waals surface area contributed by atoms with Gasteiger partial charge in [-0.2, -0.15) is 0 Å². The van der Waals surface area contributed by atoms with Crippen LogP contribution in [0, 0.1) is 0 Å². The molecule has 12 heavy (non-hydrogen) atoms. The van der Waals surface area contributed by atoms with Gasteiger partial charge in [0.25, 0.3) is 0 Å². The Hall–Kier alpha value is -0.350. The van der Waals surface area contributed by atoms with E-state index in [0.29, 0.717) is 6.10 Å². The Kier molecular flexibility index (Phi) is 2.46. The zero-order chi connectivity index (χ0) is 8.39. The number of rotatable bonds is 2. The Morgan fingerprint density at radius 1 is 1.75 bits per heavy atom. The molecule has 0 radical (unpaired) electrons. The van der Waals surface area contributed by atoms with E-state index in [1.165, 1.54) is 6.42 Å². The molecule has 66 valence electrons. The van der Waals surface area contributed by atoms with Gasteiger partial charge < -0.3 is 9.72 Å². The lowest BCUT2D eigenvalue weighted by molar-refractivity contribution is 0.110. The van der Waals surface area contributed by atoms with Gasteiger partial charge in [0.1, 0.15) is 10.4 Å². The topological polar surface area (TPSA) is 37.9 Å². The average molecular weight is 231 g/mol. The fraction of sp³-hybridized carbons (Fsp3) is 0.625. The second-order valence-electron chi connectivity index (χ2n) is 3.02. The first-order chi connectivity index (χ1) is 5.84. The highest BCUT2D eigenvalue weighted by Crippen LogP contribution is 2.16.